The first-order valence-corrected chi connectivity index (χ1v) is 8.35. The molecule has 1 amide bonds. The molecule has 0 saturated carbocycles. The predicted octanol–water partition coefficient (Wildman–Crippen LogP) is 4.36. The number of furan rings is 1. The highest BCUT2D eigenvalue weighted by molar-refractivity contribution is 6.06. The van der Waals surface area contributed by atoms with E-state index < -0.39 is 22.9 Å². The summed E-state index contributed by atoms with van der Waals surface area (Å²) < 4.78 is 10.5. The van der Waals surface area contributed by atoms with Gasteiger partial charge in [0, 0.05) is 12.1 Å². The fourth-order valence-corrected chi connectivity index (χ4v) is 2.55. The number of carbonyl (C=O) groups is 2. The number of non-ortho nitro benzene ring substituents is 1. The summed E-state index contributed by atoms with van der Waals surface area (Å²) >= 11 is 0. The summed E-state index contributed by atoms with van der Waals surface area (Å²) in [5, 5.41) is 13.5. The molecule has 3 aromatic rings. The number of benzene rings is 2. The normalized spacial score (nSPS) is 11.5. The molecule has 0 fully saturated rings. The Kier molecular flexibility index (Phi) is 5.50. The lowest BCUT2D eigenvalue weighted by Gasteiger charge is -2.15. The molecule has 0 aliphatic rings. The lowest BCUT2D eigenvalue weighted by atomic mass is 10.1. The highest BCUT2D eigenvalue weighted by Crippen LogP contribution is 2.25. The van der Waals surface area contributed by atoms with Crippen LogP contribution in [0.1, 0.15) is 39.5 Å². The van der Waals surface area contributed by atoms with Crippen LogP contribution in [0.15, 0.2) is 71.3 Å². The van der Waals surface area contributed by atoms with Crippen molar-refractivity contribution in [2.75, 3.05) is 5.32 Å². The van der Waals surface area contributed by atoms with Crippen molar-refractivity contribution < 1.29 is 23.7 Å². The van der Waals surface area contributed by atoms with Gasteiger partial charge in [-0.05, 0) is 36.8 Å². The van der Waals surface area contributed by atoms with E-state index in [9.17, 15) is 19.7 Å². The van der Waals surface area contributed by atoms with Crippen LogP contribution in [0.2, 0.25) is 0 Å². The van der Waals surface area contributed by atoms with E-state index in [1.165, 1.54) is 36.6 Å². The monoisotopic (exact) mass is 380 g/mol. The first kappa shape index (κ1) is 18.8. The van der Waals surface area contributed by atoms with E-state index in [1.807, 2.05) is 0 Å². The maximum atomic E-state index is 12.6. The molecule has 142 valence electrons. The molecule has 8 heteroatoms. The number of para-hydroxylation sites is 1. The zero-order valence-electron chi connectivity index (χ0n) is 14.8. The van der Waals surface area contributed by atoms with Crippen molar-refractivity contribution in [3.63, 3.8) is 0 Å². The number of hydrogen-bond acceptors (Lipinski definition) is 6. The second-order valence-corrected chi connectivity index (χ2v) is 5.88. The Morgan fingerprint density at radius 1 is 1.11 bits per heavy atom. The van der Waals surface area contributed by atoms with Crippen LogP contribution in [0.3, 0.4) is 0 Å². The minimum atomic E-state index is -0.721. The molecule has 0 unspecified atom stereocenters. The summed E-state index contributed by atoms with van der Waals surface area (Å²) in [5.74, 6) is -1.07. The minimum absolute atomic E-state index is 0.0912. The third-order valence-electron chi connectivity index (χ3n) is 3.97. The molecule has 1 N–H and O–H groups in total. The summed E-state index contributed by atoms with van der Waals surface area (Å²) in [5.41, 5.74) is 0.811. The van der Waals surface area contributed by atoms with Gasteiger partial charge in [0.15, 0.2) is 5.76 Å². The fourth-order valence-electron chi connectivity index (χ4n) is 2.55. The van der Waals surface area contributed by atoms with E-state index >= 15 is 0 Å². The SMILES string of the molecule is C[C@H](OC(=O)c1ccccc1NC(=O)c1ccco1)c1cccc([N+](=O)[O-])c1. The largest absolute Gasteiger partial charge is 0.459 e. The van der Waals surface area contributed by atoms with Gasteiger partial charge in [-0.2, -0.15) is 0 Å². The van der Waals surface area contributed by atoms with E-state index in [-0.39, 0.29) is 22.7 Å². The zero-order valence-corrected chi connectivity index (χ0v) is 14.8. The highest BCUT2D eigenvalue weighted by Gasteiger charge is 2.20. The Balaban J connectivity index is 1.76. The van der Waals surface area contributed by atoms with Crippen molar-refractivity contribution in [3.8, 4) is 0 Å². The number of amides is 1. The molecular formula is C20H16N2O6. The number of nitrogens with one attached hydrogen (secondary N) is 1. The molecule has 0 radical (unpaired) electrons. The van der Waals surface area contributed by atoms with Crippen LogP contribution in [0.5, 0.6) is 0 Å². The van der Waals surface area contributed by atoms with Crippen LogP contribution in [-0.4, -0.2) is 16.8 Å². The zero-order chi connectivity index (χ0) is 20.1. The molecule has 0 spiro atoms. The number of nitro benzene ring substituents is 1. The summed E-state index contributed by atoms with van der Waals surface area (Å²) in [7, 11) is 0. The Morgan fingerprint density at radius 3 is 2.61 bits per heavy atom. The van der Waals surface area contributed by atoms with Crippen LogP contribution in [-0.2, 0) is 4.74 Å². The topological polar surface area (TPSA) is 112 Å². The Hall–Kier alpha value is -3.94. The van der Waals surface area contributed by atoms with Crippen molar-refractivity contribution in [1.82, 2.24) is 0 Å². The van der Waals surface area contributed by atoms with Gasteiger partial charge >= 0.3 is 5.97 Å². The second kappa shape index (κ2) is 8.17. The number of nitrogens with zero attached hydrogens (tertiary/aromatic N) is 1. The molecule has 0 aliphatic carbocycles. The number of hydrogen-bond donors (Lipinski definition) is 1. The van der Waals surface area contributed by atoms with Crippen molar-refractivity contribution in [2.24, 2.45) is 0 Å². The molecule has 0 saturated heterocycles. The van der Waals surface area contributed by atoms with Crippen LogP contribution in [0.4, 0.5) is 11.4 Å². The Morgan fingerprint density at radius 2 is 1.89 bits per heavy atom. The van der Waals surface area contributed by atoms with Gasteiger partial charge in [-0.25, -0.2) is 4.79 Å². The third-order valence-corrected chi connectivity index (χ3v) is 3.97. The van der Waals surface area contributed by atoms with Crippen molar-refractivity contribution in [3.05, 3.63) is 93.9 Å². The number of ether oxygens (including phenoxy) is 1. The van der Waals surface area contributed by atoms with Gasteiger partial charge in [0.2, 0.25) is 0 Å². The lowest BCUT2D eigenvalue weighted by Crippen LogP contribution is -2.16. The quantitative estimate of drug-likeness (QED) is 0.386. The third kappa shape index (κ3) is 4.24. The van der Waals surface area contributed by atoms with Crippen molar-refractivity contribution in [2.45, 2.75) is 13.0 Å². The first-order chi connectivity index (χ1) is 13.5. The van der Waals surface area contributed by atoms with Crippen molar-refractivity contribution >= 4 is 23.3 Å². The maximum Gasteiger partial charge on any atom is 0.340 e. The number of anilines is 1. The van der Waals surface area contributed by atoms with Gasteiger partial charge in [0.1, 0.15) is 6.10 Å². The molecule has 28 heavy (non-hydrogen) atoms. The average Bonchev–Trinajstić information content (AvgIpc) is 3.23. The molecule has 8 nitrogen and oxygen atoms in total. The van der Waals surface area contributed by atoms with Crippen molar-refractivity contribution in [1.29, 1.82) is 0 Å². The summed E-state index contributed by atoms with van der Waals surface area (Å²) in [6, 6.07) is 15.3. The predicted molar refractivity (Wildman–Crippen MR) is 100 cm³/mol. The number of rotatable bonds is 6. The van der Waals surface area contributed by atoms with Gasteiger partial charge in [0.25, 0.3) is 11.6 Å². The van der Waals surface area contributed by atoms with Crippen LogP contribution < -0.4 is 5.32 Å². The smallest absolute Gasteiger partial charge is 0.340 e. The first-order valence-electron chi connectivity index (χ1n) is 8.35. The van der Waals surface area contributed by atoms with E-state index in [0.29, 0.717) is 5.56 Å². The van der Waals surface area contributed by atoms with E-state index in [2.05, 4.69) is 5.32 Å². The van der Waals surface area contributed by atoms with Gasteiger partial charge in [-0.1, -0.05) is 24.3 Å². The highest BCUT2D eigenvalue weighted by atomic mass is 16.6. The number of carbonyl (C=O) groups excluding carboxylic acids is 2. The fraction of sp³-hybridized carbons (Fsp3) is 0.100. The van der Waals surface area contributed by atoms with Gasteiger partial charge < -0.3 is 14.5 Å². The second-order valence-electron chi connectivity index (χ2n) is 5.88. The maximum absolute atomic E-state index is 12.6. The average molecular weight is 380 g/mol. The molecule has 1 aromatic heterocycles. The summed E-state index contributed by atoms with van der Waals surface area (Å²) in [6.07, 6.45) is 0.650. The molecular weight excluding hydrogens is 364 g/mol. The number of esters is 1. The van der Waals surface area contributed by atoms with Crippen LogP contribution in [0.25, 0.3) is 0 Å². The lowest BCUT2D eigenvalue weighted by molar-refractivity contribution is -0.385. The molecule has 1 atom stereocenters. The van der Waals surface area contributed by atoms with Crippen LogP contribution >= 0.6 is 0 Å². The van der Waals surface area contributed by atoms with Gasteiger partial charge in [-0.15, -0.1) is 0 Å². The van der Waals surface area contributed by atoms with E-state index in [1.54, 1.807) is 37.3 Å². The van der Waals surface area contributed by atoms with E-state index in [4.69, 9.17) is 9.15 Å². The Labute approximate surface area is 159 Å². The molecule has 3 rings (SSSR count). The summed E-state index contributed by atoms with van der Waals surface area (Å²) in [6.45, 7) is 1.61. The van der Waals surface area contributed by atoms with E-state index in [0.717, 1.165) is 0 Å². The molecule has 0 aliphatic heterocycles. The molecule has 0 bridgehead atoms. The summed E-state index contributed by atoms with van der Waals surface area (Å²) in [4.78, 5) is 35.2. The standard InChI is InChI=1S/C20H16N2O6/c1-13(14-6-4-7-15(12-14)22(25)26)28-20(24)16-8-2-3-9-17(16)21-19(23)18-10-5-11-27-18/h2-13H,1H3,(H,21,23)/t13-/m0/s1. The number of nitro groups is 1. The van der Waals surface area contributed by atoms with Crippen LogP contribution in [0, 0.1) is 10.1 Å². The molecule has 1 heterocycles. The minimum Gasteiger partial charge on any atom is -0.459 e. The van der Waals surface area contributed by atoms with Gasteiger partial charge in [-0.3, -0.25) is 14.9 Å². The molecule has 2 aromatic carbocycles. The van der Waals surface area contributed by atoms with Gasteiger partial charge in [0.05, 0.1) is 22.4 Å². The Bertz CT molecular complexity index is 1010.